The predicted molar refractivity (Wildman–Crippen MR) is 104 cm³/mol. The molecule has 6 nitrogen and oxygen atoms in total. The smallest absolute Gasteiger partial charge is 0.267 e. The van der Waals surface area contributed by atoms with E-state index in [4.69, 9.17) is 9.47 Å². The van der Waals surface area contributed by atoms with Gasteiger partial charge in [0.15, 0.2) is 6.10 Å². The maximum absolute atomic E-state index is 12.6. The van der Waals surface area contributed by atoms with Crippen molar-refractivity contribution in [1.82, 2.24) is 0 Å². The second-order valence-corrected chi connectivity index (χ2v) is 6.39. The van der Waals surface area contributed by atoms with Crippen molar-refractivity contribution in [3.8, 4) is 11.5 Å². The van der Waals surface area contributed by atoms with E-state index < -0.39 is 6.10 Å². The van der Waals surface area contributed by atoms with E-state index in [1.165, 1.54) is 0 Å². The molecule has 0 spiro atoms. The summed E-state index contributed by atoms with van der Waals surface area (Å²) in [5.41, 5.74) is 1.29. The number of hydrogen-bond donors (Lipinski definition) is 1. The lowest BCUT2D eigenvalue weighted by Crippen LogP contribution is -2.46. The Hall–Kier alpha value is -3.02. The highest BCUT2D eigenvalue weighted by Crippen LogP contribution is 2.36. The fraction of sp³-hybridized carbons (Fsp3) is 0.333. The number of anilines is 2. The van der Waals surface area contributed by atoms with Crippen molar-refractivity contribution < 1.29 is 19.1 Å². The average Bonchev–Trinajstić information content (AvgIpc) is 2.66. The summed E-state index contributed by atoms with van der Waals surface area (Å²) in [6, 6.07) is 14.8. The molecule has 0 bridgehead atoms. The summed E-state index contributed by atoms with van der Waals surface area (Å²) < 4.78 is 11.4. The topological polar surface area (TPSA) is 67.9 Å². The van der Waals surface area contributed by atoms with E-state index in [0.29, 0.717) is 36.7 Å². The van der Waals surface area contributed by atoms with Crippen LogP contribution in [0.1, 0.15) is 26.7 Å². The van der Waals surface area contributed by atoms with Crippen LogP contribution in [0, 0.1) is 0 Å². The lowest BCUT2D eigenvalue weighted by Gasteiger charge is -2.33. The Balaban J connectivity index is 1.75. The van der Waals surface area contributed by atoms with Gasteiger partial charge in [-0.15, -0.1) is 0 Å². The Morgan fingerprint density at radius 1 is 1.22 bits per heavy atom. The van der Waals surface area contributed by atoms with Gasteiger partial charge in [0.05, 0.1) is 12.2 Å². The van der Waals surface area contributed by atoms with Gasteiger partial charge in [-0.3, -0.25) is 9.59 Å². The summed E-state index contributed by atoms with van der Waals surface area (Å²) in [5.74, 6) is 1.20. The van der Waals surface area contributed by atoms with E-state index in [9.17, 15) is 9.59 Å². The van der Waals surface area contributed by atoms with Gasteiger partial charge in [-0.05, 0) is 43.7 Å². The minimum Gasteiger partial charge on any atom is -0.492 e. The third-order valence-corrected chi connectivity index (χ3v) is 4.25. The number of amides is 2. The molecule has 2 aromatic carbocycles. The van der Waals surface area contributed by atoms with Crippen LogP contribution < -0.4 is 19.7 Å². The zero-order chi connectivity index (χ0) is 19.2. The summed E-state index contributed by atoms with van der Waals surface area (Å²) in [6.45, 7) is 4.43. The fourth-order valence-corrected chi connectivity index (χ4v) is 2.94. The molecule has 0 aliphatic carbocycles. The second-order valence-electron chi connectivity index (χ2n) is 6.39. The maximum Gasteiger partial charge on any atom is 0.267 e. The molecule has 2 amide bonds. The number of ether oxygens (including phenoxy) is 2. The quantitative estimate of drug-likeness (QED) is 0.811. The Morgan fingerprint density at radius 3 is 2.74 bits per heavy atom. The molecule has 1 aliphatic rings. The van der Waals surface area contributed by atoms with Crippen LogP contribution in [0.5, 0.6) is 11.5 Å². The number of fused-ring (bicyclic) bond motifs is 1. The van der Waals surface area contributed by atoms with Crippen molar-refractivity contribution in [2.24, 2.45) is 0 Å². The minimum absolute atomic E-state index is 0.0483. The molecule has 0 fully saturated rings. The Kier molecular flexibility index (Phi) is 5.96. The zero-order valence-corrected chi connectivity index (χ0v) is 15.6. The molecule has 2 aromatic rings. The van der Waals surface area contributed by atoms with E-state index in [1.54, 1.807) is 30.0 Å². The lowest BCUT2D eigenvalue weighted by atomic mass is 10.1. The first-order valence-electron chi connectivity index (χ1n) is 9.18. The van der Waals surface area contributed by atoms with Crippen LogP contribution in [-0.4, -0.2) is 31.1 Å². The van der Waals surface area contributed by atoms with Crippen molar-refractivity contribution in [3.05, 3.63) is 48.5 Å². The van der Waals surface area contributed by atoms with Crippen LogP contribution in [0.25, 0.3) is 0 Å². The molecule has 1 atom stereocenters. The van der Waals surface area contributed by atoms with Gasteiger partial charge in [0, 0.05) is 12.1 Å². The van der Waals surface area contributed by atoms with Gasteiger partial charge in [-0.2, -0.15) is 0 Å². The molecule has 1 aliphatic heterocycles. The number of carbonyl (C=O) groups is 2. The fourth-order valence-electron chi connectivity index (χ4n) is 2.94. The number of nitrogens with one attached hydrogen (secondary N) is 1. The van der Waals surface area contributed by atoms with Gasteiger partial charge in [0.25, 0.3) is 5.91 Å². The molecule has 27 heavy (non-hydrogen) atoms. The maximum atomic E-state index is 12.6. The van der Waals surface area contributed by atoms with Crippen LogP contribution in [-0.2, 0) is 9.59 Å². The number of rotatable bonds is 7. The number of para-hydroxylation sites is 1. The number of benzene rings is 2. The van der Waals surface area contributed by atoms with Gasteiger partial charge in [0.1, 0.15) is 18.1 Å². The van der Waals surface area contributed by atoms with Crippen LogP contribution >= 0.6 is 0 Å². The molecule has 1 N–H and O–H groups in total. The molecule has 1 unspecified atom stereocenters. The summed E-state index contributed by atoms with van der Waals surface area (Å²) >= 11 is 0. The van der Waals surface area contributed by atoms with Crippen molar-refractivity contribution >= 4 is 23.2 Å². The number of hydrogen-bond acceptors (Lipinski definition) is 4. The van der Waals surface area contributed by atoms with Gasteiger partial charge in [-0.25, -0.2) is 0 Å². The normalized spacial score (nSPS) is 15.7. The highest BCUT2D eigenvalue weighted by molar-refractivity contribution is 6.01. The molecule has 0 aromatic heterocycles. The highest BCUT2D eigenvalue weighted by atomic mass is 16.5. The molecule has 0 saturated carbocycles. The first-order valence-corrected chi connectivity index (χ1v) is 9.18. The number of carbonyl (C=O) groups excluding carboxylic acids is 2. The first kappa shape index (κ1) is 18.8. The second kappa shape index (κ2) is 8.58. The molecule has 0 radical (unpaired) electrons. The van der Waals surface area contributed by atoms with Crippen molar-refractivity contribution in [3.63, 3.8) is 0 Å². The van der Waals surface area contributed by atoms with E-state index in [1.807, 2.05) is 37.3 Å². The average molecular weight is 368 g/mol. The SMILES string of the molecule is CCCC(=O)Nc1ccc2c(c1)N(CCOc1ccccc1)C(=O)C(C)O2. The third-order valence-electron chi connectivity index (χ3n) is 4.25. The number of nitrogens with zero attached hydrogens (tertiary/aromatic N) is 1. The van der Waals surface area contributed by atoms with Crippen molar-refractivity contribution in [2.75, 3.05) is 23.4 Å². The zero-order valence-electron chi connectivity index (χ0n) is 15.6. The summed E-state index contributed by atoms with van der Waals surface area (Å²) in [6.07, 6.45) is 0.673. The molecule has 1 heterocycles. The first-order chi connectivity index (χ1) is 13.1. The Labute approximate surface area is 159 Å². The molecule has 142 valence electrons. The van der Waals surface area contributed by atoms with Gasteiger partial charge in [0.2, 0.25) is 5.91 Å². The Bertz CT molecular complexity index is 807. The van der Waals surface area contributed by atoms with E-state index in [0.717, 1.165) is 12.2 Å². The molecule has 6 heteroatoms. The lowest BCUT2D eigenvalue weighted by molar-refractivity contribution is -0.125. The third kappa shape index (κ3) is 4.58. The van der Waals surface area contributed by atoms with Crippen LogP contribution in [0.2, 0.25) is 0 Å². The van der Waals surface area contributed by atoms with E-state index >= 15 is 0 Å². The molecule has 0 saturated heterocycles. The Morgan fingerprint density at radius 2 is 2.00 bits per heavy atom. The van der Waals surface area contributed by atoms with Crippen LogP contribution in [0.4, 0.5) is 11.4 Å². The summed E-state index contributed by atoms with van der Waals surface area (Å²) in [4.78, 5) is 26.1. The largest absolute Gasteiger partial charge is 0.492 e. The standard InChI is InChI=1S/C21H24N2O4/c1-3-7-20(24)22-16-10-11-19-18(14-16)23(21(25)15(2)27-19)12-13-26-17-8-5-4-6-9-17/h4-6,8-11,14-15H,3,7,12-13H2,1-2H3,(H,22,24). The van der Waals surface area contributed by atoms with Crippen molar-refractivity contribution in [2.45, 2.75) is 32.8 Å². The predicted octanol–water partition coefficient (Wildman–Crippen LogP) is 3.62. The van der Waals surface area contributed by atoms with Gasteiger partial charge >= 0.3 is 0 Å². The molecular weight excluding hydrogens is 344 g/mol. The molecular formula is C21H24N2O4. The van der Waals surface area contributed by atoms with Gasteiger partial charge < -0.3 is 19.7 Å². The summed E-state index contributed by atoms with van der Waals surface area (Å²) in [5, 5.41) is 2.86. The van der Waals surface area contributed by atoms with E-state index in [-0.39, 0.29) is 11.8 Å². The monoisotopic (exact) mass is 368 g/mol. The van der Waals surface area contributed by atoms with E-state index in [2.05, 4.69) is 5.32 Å². The van der Waals surface area contributed by atoms with Crippen LogP contribution in [0.3, 0.4) is 0 Å². The summed E-state index contributed by atoms with van der Waals surface area (Å²) in [7, 11) is 0. The minimum atomic E-state index is -0.560. The molecule has 3 rings (SSSR count). The van der Waals surface area contributed by atoms with Gasteiger partial charge in [-0.1, -0.05) is 25.1 Å². The van der Waals surface area contributed by atoms with Crippen molar-refractivity contribution in [1.29, 1.82) is 0 Å². The van der Waals surface area contributed by atoms with Crippen LogP contribution in [0.15, 0.2) is 48.5 Å². The highest BCUT2D eigenvalue weighted by Gasteiger charge is 2.31.